The summed E-state index contributed by atoms with van der Waals surface area (Å²) in [5.74, 6) is -0.176. The largest absolute Gasteiger partial charge is 0.494 e. The highest BCUT2D eigenvalue weighted by Gasteiger charge is 2.25. The first-order valence-electron chi connectivity index (χ1n) is 8.70. The van der Waals surface area contributed by atoms with E-state index in [1.54, 1.807) is 36.4 Å². The monoisotopic (exact) mass is 394 g/mol. The summed E-state index contributed by atoms with van der Waals surface area (Å²) in [7, 11) is -2.04. The minimum atomic E-state index is -3.47. The van der Waals surface area contributed by atoms with Crippen LogP contribution in [-0.4, -0.2) is 46.1 Å². The second kappa shape index (κ2) is 8.79. The topological polar surface area (TPSA) is 67.9 Å². The lowest BCUT2D eigenvalue weighted by molar-refractivity contribution is 0.0730. The fourth-order valence-corrected chi connectivity index (χ4v) is 4.29. The van der Waals surface area contributed by atoms with Crippen LogP contribution >= 0.6 is 0 Å². The Morgan fingerprint density at radius 3 is 2.33 bits per heavy atom. The molecule has 1 saturated heterocycles. The van der Waals surface area contributed by atoms with Gasteiger partial charge in [0.2, 0.25) is 10.0 Å². The molecule has 0 unspecified atom stereocenters. The second-order valence-corrected chi connectivity index (χ2v) is 8.17. The minimum Gasteiger partial charge on any atom is -0.494 e. The predicted molar refractivity (Wildman–Crippen MR) is 99.5 cm³/mol. The van der Waals surface area contributed by atoms with Crippen LogP contribution in [0.5, 0.6) is 5.75 Å². The van der Waals surface area contributed by atoms with Gasteiger partial charge in [-0.3, -0.25) is 0 Å². The predicted octanol–water partition coefficient (Wildman–Crippen LogP) is 2.14. The van der Waals surface area contributed by atoms with Crippen LogP contribution in [0, 0.1) is 5.82 Å². The van der Waals surface area contributed by atoms with E-state index in [4.69, 9.17) is 9.47 Å². The summed E-state index contributed by atoms with van der Waals surface area (Å²) in [4.78, 5) is 0.283. The first-order chi connectivity index (χ1) is 13.0. The van der Waals surface area contributed by atoms with Gasteiger partial charge in [-0.05, 0) is 35.4 Å². The molecule has 0 saturated carbocycles. The van der Waals surface area contributed by atoms with Crippen molar-refractivity contribution >= 4 is 10.0 Å². The lowest BCUT2D eigenvalue weighted by Gasteiger charge is -2.26. The molecule has 0 bridgehead atoms. The van der Waals surface area contributed by atoms with Crippen LogP contribution in [0.15, 0.2) is 47.4 Å². The maximum atomic E-state index is 13.7. The van der Waals surface area contributed by atoms with Crippen molar-refractivity contribution in [2.24, 2.45) is 0 Å². The molecular weight excluding hydrogens is 371 g/mol. The fraction of sp³-hybridized carbons (Fsp3) is 0.368. The zero-order valence-electron chi connectivity index (χ0n) is 15.2. The summed E-state index contributed by atoms with van der Waals surface area (Å²) in [6, 6.07) is 11.6. The number of halogens is 1. The zero-order chi connectivity index (χ0) is 19.3. The summed E-state index contributed by atoms with van der Waals surface area (Å²) in [6.07, 6.45) is 0. The Morgan fingerprint density at radius 1 is 1.07 bits per heavy atom. The SMILES string of the molecule is COc1ccc(CNCc2ccc(S(=O)(=O)N3CCOCC3)cc2)cc1F. The summed E-state index contributed by atoms with van der Waals surface area (Å²) in [5, 5.41) is 3.22. The van der Waals surface area contributed by atoms with Gasteiger partial charge in [-0.2, -0.15) is 4.31 Å². The first kappa shape index (κ1) is 19.8. The molecule has 1 aliphatic heterocycles. The number of sulfonamides is 1. The van der Waals surface area contributed by atoms with Crippen molar-refractivity contribution in [3.05, 3.63) is 59.4 Å². The van der Waals surface area contributed by atoms with E-state index in [2.05, 4.69) is 5.32 Å². The second-order valence-electron chi connectivity index (χ2n) is 6.23. The Labute approximate surface area is 159 Å². The molecule has 0 amide bonds. The van der Waals surface area contributed by atoms with E-state index < -0.39 is 15.8 Å². The smallest absolute Gasteiger partial charge is 0.243 e. The standard InChI is InChI=1S/C19H23FN2O4S/c1-25-19-7-4-16(12-18(19)20)14-21-13-15-2-5-17(6-3-15)27(23,24)22-8-10-26-11-9-22/h2-7,12,21H,8-11,13-14H2,1H3. The molecule has 0 spiro atoms. The van der Waals surface area contributed by atoms with Gasteiger partial charge >= 0.3 is 0 Å². The number of hydrogen-bond acceptors (Lipinski definition) is 5. The zero-order valence-corrected chi connectivity index (χ0v) is 16.0. The number of benzene rings is 2. The van der Waals surface area contributed by atoms with Crippen molar-refractivity contribution in [2.45, 2.75) is 18.0 Å². The van der Waals surface area contributed by atoms with Crippen molar-refractivity contribution in [3.8, 4) is 5.75 Å². The molecule has 1 heterocycles. The average molecular weight is 394 g/mol. The molecule has 3 rings (SSSR count). The first-order valence-corrected chi connectivity index (χ1v) is 10.1. The quantitative estimate of drug-likeness (QED) is 0.779. The normalized spacial score (nSPS) is 15.6. The highest BCUT2D eigenvalue weighted by atomic mass is 32.2. The number of nitrogens with zero attached hydrogens (tertiary/aromatic N) is 1. The summed E-state index contributed by atoms with van der Waals surface area (Å²) in [6.45, 7) is 2.65. The van der Waals surface area contributed by atoms with Crippen molar-refractivity contribution in [1.29, 1.82) is 0 Å². The van der Waals surface area contributed by atoms with Crippen LogP contribution in [0.4, 0.5) is 4.39 Å². The van der Waals surface area contributed by atoms with Crippen LogP contribution in [0.25, 0.3) is 0 Å². The van der Waals surface area contributed by atoms with Crippen LogP contribution in [-0.2, 0) is 27.8 Å². The van der Waals surface area contributed by atoms with E-state index in [0.29, 0.717) is 39.4 Å². The molecule has 146 valence electrons. The molecule has 0 aromatic heterocycles. The van der Waals surface area contributed by atoms with Gasteiger partial charge in [0.25, 0.3) is 0 Å². The minimum absolute atomic E-state index is 0.218. The van der Waals surface area contributed by atoms with Crippen molar-refractivity contribution in [1.82, 2.24) is 9.62 Å². The number of morpholine rings is 1. The van der Waals surface area contributed by atoms with E-state index in [1.807, 2.05) is 0 Å². The Bertz CT molecular complexity index is 866. The Morgan fingerprint density at radius 2 is 1.70 bits per heavy atom. The van der Waals surface area contributed by atoms with Crippen LogP contribution < -0.4 is 10.1 Å². The third-order valence-corrected chi connectivity index (χ3v) is 6.32. The van der Waals surface area contributed by atoms with E-state index >= 15 is 0 Å². The fourth-order valence-electron chi connectivity index (χ4n) is 2.89. The van der Waals surface area contributed by atoms with E-state index in [1.165, 1.54) is 17.5 Å². The number of ether oxygens (including phenoxy) is 2. The van der Waals surface area contributed by atoms with E-state index in [-0.39, 0.29) is 10.6 Å². The number of nitrogens with one attached hydrogen (secondary N) is 1. The lowest BCUT2D eigenvalue weighted by Crippen LogP contribution is -2.40. The van der Waals surface area contributed by atoms with Gasteiger partial charge in [-0.25, -0.2) is 12.8 Å². The van der Waals surface area contributed by atoms with Gasteiger partial charge in [0.1, 0.15) is 0 Å². The third kappa shape index (κ3) is 4.84. The Hall–Kier alpha value is -2.00. The number of methoxy groups -OCH3 is 1. The molecule has 0 radical (unpaired) electrons. The van der Waals surface area contributed by atoms with Gasteiger partial charge in [-0.1, -0.05) is 18.2 Å². The van der Waals surface area contributed by atoms with Crippen molar-refractivity contribution in [3.63, 3.8) is 0 Å². The maximum Gasteiger partial charge on any atom is 0.243 e. The highest BCUT2D eigenvalue weighted by molar-refractivity contribution is 7.89. The lowest BCUT2D eigenvalue weighted by atomic mass is 10.2. The molecule has 8 heteroatoms. The van der Waals surface area contributed by atoms with E-state index in [0.717, 1.165) is 11.1 Å². The molecule has 1 fully saturated rings. The number of rotatable bonds is 7. The van der Waals surface area contributed by atoms with E-state index in [9.17, 15) is 12.8 Å². The van der Waals surface area contributed by atoms with Crippen molar-refractivity contribution < 1.29 is 22.3 Å². The summed E-state index contributed by atoms with van der Waals surface area (Å²) in [5.41, 5.74) is 1.75. The van der Waals surface area contributed by atoms with Gasteiger partial charge in [0.05, 0.1) is 25.2 Å². The highest BCUT2D eigenvalue weighted by Crippen LogP contribution is 2.19. The van der Waals surface area contributed by atoms with Gasteiger partial charge < -0.3 is 14.8 Å². The number of hydrogen-bond donors (Lipinski definition) is 1. The average Bonchev–Trinajstić information content (AvgIpc) is 2.69. The van der Waals surface area contributed by atoms with Crippen LogP contribution in [0.2, 0.25) is 0 Å². The molecule has 1 aliphatic rings. The van der Waals surface area contributed by atoms with Crippen molar-refractivity contribution in [2.75, 3.05) is 33.4 Å². The van der Waals surface area contributed by atoms with Gasteiger partial charge in [0, 0.05) is 26.2 Å². The van der Waals surface area contributed by atoms with Gasteiger partial charge in [-0.15, -0.1) is 0 Å². The Kier molecular flexibility index (Phi) is 6.43. The molecule has 2 aromatic carbocycles. The molecule has 0 atom stereocenters. The van der Waals surface area contributed by atoms with Crippen LogP contribution in [0.1, 0.15) is 11.1 Å². The summed E-state index contributed by atoms with van der Waals surface area (Å²) >= 11 is 0. The maximum absolute atomic E-state index is 13.7. The third-order valence-electron chi connectivity index (χ3n) is 4.41. The molecular formula is C19H23FN2O4S. The molecule has 1 N–H and O–H groups in total. The van der Waals surface area contributed by atoms with Crippen LogP contribution in [0.3, 0.4) is 0 Å². The Balaban J connectivity index is 1.57. The molecule has 0 aliphatic carbocycles. The summed E-state index contributed by atoms with van der Waals surface area (Å²) < 4.78 is 50.4. The molecule has 2 aromatic rings. The molecule has 6 nitrogen and oxygen atoms in total. The molecule has 27 heavy (non-hydrogen) atoms. The van der Waals surface area contributed by atoms with Gasteiger partial charge in [0.15, 0.2) is 11.6 Å².